The zero-order chi connectivity index (χ0) is 14.0. The minimum absolute atomic E-state index is 0.152. The molecule has 0 unspecified atom stereocenters. The van der Waals surface area contributed by atoms with Crippen LogP contribution >= 0.6 is 43.2 Å². The van der Waals surface area contributed by atoms with E-state index in [0.717, 1.165) is 3.79 Å². The molecule has 0 atom stereocenters. The Bertz CT molecular complexity index is 636. The van der Waals surface area contributed by atoms with Crippen LogP contribution in [-0.2, 0) is 0 Å². The van der Waals surface area contributed by atoms with Crippen molar-refractivity contribution >= 4 is 55.0 Å². The Labute approximate surface area is 129 Å². The quantitative estimate of drug-likeness (QED) is 0.750. The Morgan fingerprint density at radius 2 is 1.89 bits per heavy atom. The molecule has 0 radical (unpaired) electrons. The molecule has 0 aliphatic carbocycles. The summed E-state index contributed by atoms with van der Waals surface area (Å²) in [6.07, 6.45) is 0. The molecule has 0 aliphatic rings. The number of hydrazine groups is 1. The molecule has 2 N–H and O–H groups in total. The second-order valence-electron chi connectivity index (χ2n) is 3.57. The summed E-state index contributed by atoms with van der Waals surface area (Å²) in [4.78, 5) is 24.0. The number of amides is 2. The molecule has 2 amide bonds. The van der Waals surface area contributed by atoms with Gasteiger partial charge in [-0.2, -0.15) is 0 Å². The second kappa shape index (κ2) is 5.89. The van der Waals surface area contributed by atoms with Gasteiger partial charge < -0.3 is 4.42 Å². The molecule has 19 heavy (non-hydrogen) atoms. The molecule has 8 heteroatoms. The summed E-state index contributed by atoms with van der Waals surface area (Å²) in [7, 11) is 0. The van der Waals surface area contributed by atoms with Crippen molar-refractivity contribution in [2.45, 2.75) is 6.92 Å². The topological polar surface area (TPSA) is 71.3 Å². The highest BCUT2D eigenvalue weighted by Crippen LogP contribution is 2.22. The van der Waals surface area contributed by atoms with E-state index >= 15 is 0 Å². The predicted molar refractivity (Wildman–Crippen MR) is 78.1 cm³/mol. The molecule has 0 saturated heterocycles. The number of aryl methyl sites for hydroxylation is 1. The third-order valence-electron chi connectivity index (χ3n) is 2.18. The molecule has 2 heterocycles. The number of hydrogen-bond donors (Lipinski definition) is 2. The highest BCUT2D eigenvalue weighted by atomic mass is 79.9. The van der Waals surface area contributed by atoms with Crippen LogP contribution in [0.1, 0.15) is 25.8 Å². The Hall–Kier alpha value is -1.12. The van der Waals surface area contributed by atoms with Crippen LogP contribution in [0.25, 0.3) is 0 Å². The van der Waals surface area contributed by atoms with Gasteiger partial charge in [-0.15, -0.1) is 11.3 Å². The monoisotopic (exact) mass is 406 g/mol. The molecule has 0 aromatic carbocycles. The smallest absolute Gasteiger partial charge is 0.305 e. The van der Waals surface area contributed by atoms with Gasteiger partial charge in [-0.25, -0.2) is 0 Å². The molecular weight excluding hydrogens is 400 g/mol. The molecule has 2 aromatic rings. The van der Waals surface area contributed by atoms with Gasteiger partial charge in [0.15, 0.2) is 10.4 Å². The van der Waals surface area contributed by atoms with Crippen LogP contribution in [0.2, 0.25) is 0 Å². The summed E-state index contributed by atoms with van der Waals surface area (Å²) < 4.78 is 6.47. The summed E-state index contributed by atoms with van der Waals surface area (Å²) in [6, 6.07) is 5.09. The fourth-order valence-corrected chi connectivity index (χ4v) is 3.12. The van der Waals surface area contributed by atoms with E-state index in [0.29, 0.717) is 15.1 Å². The van der Waals surface area contributed by atoms with Crippen molar-refractivity contribution in [3.05, 3.63) is 42.9 Å². The van der Waals surface area contributed by atoms with E-state index in [1.54, 1.807) is 25.1 Å². The fraction of sp³-hybridized carbons (Fsp3) is 0.0909. The van der Waals surface area contributed by atoms with Gasteiger partial charge in [0.25, 0.3) is 5.91 Å². The average Bonchev–Trinajstić information content (AvgIpc) is 2.92. The Morgan fingerprint density at radius 1 is 1.21 bits per heavy atom. The molecule has 2 aromatic heterocycles. The van der Waals surface area contributed by atoms with Gasteiger partial charge in [0.2, 0.25) is 0 Å². The molecule has 100 valence electrons. The highest BCUT2D eigenvalue weighted by Gasteiger charge is 2.16. The van der Waals surface area contributed by atoms with Crippen LogP contribution in [0, 0.1) is 6.92 Å². The maximum absolute atomic E-state index is 11.8. The maximum atomic E-state index is 11.8. The SMILES string of the molecule is Cc1cc(Br)oc1C(=O)NNC(=O)c1ccc(Br)s1. The first-order chi connectivity index (χ1) is 8.97. The maximum Gasteiger partial charge on any atom is 0.305 e. The van der Waals surface area contributed by atoms with E-state index in [4.69, 9.17) is 4.42 Å². The lowest BCUT2D eigenvalue weighted by molar-refractivity contribution is 0.0831. The Kier molecular flexibility index (Phi) is 4.43. The number of rotatable bonds is 2. The molecule has 0 bridgehead atoms. The van der Waals surface area contributed by atoms with E-state index in [-0.39, 0.29) is 11.7 Å². The summed E-state index contributed by atoms with van der Waals surface area (Å²) in [6.45, 7) is 1.74. The van der Waals surface area contributed by atoms with Crippen molar-refractivity contribution in [1.29, 1.82) is 0 Å². The van der Waals surface area contributed by atoms with Gasteiger partial charge in [0, 0.05) is 5.56 Å². The molecule has 2 rings (SSSR count). The molecule has 0 saturated carbocycles. The third kappa shape index (κ3) is 3.46. The number of hydrogen-bond acceptors (Lipinski definition) is 4. The second-order valence-corrected chi connectivity index (χ2v) is 6.82. The lowest BCUT2D eigenvalue weighted by Gasteiger charge is -2.04. The zero-order valence-electron chi connectivity index (χ0n) is 9.62. The third-order valence-corrected chi connectivity index (χ3v) is 4.19. The molecule has 0 fully saturated rings. The van der Waals surface area contributed by atoms with Gasteiger partial charge >= 0.3 is 5.91 Å². The number of thiophene rings is 1. The number of furan rings is 1. The van der Waals surface area contributed by atoms with Gasteiger partial charge in [0.05, 0.1) is 8.66 Å². The van der Waals surface area contributed by atoms with Crippen molar-refractivity contribution < 1.29 is 14.0 Å². The number of nitrogens with one attached hydrogen (secondary N) is 2. The summed E-state index contributed by atoms with van der Waals surface area (Å²) in [5.41, 5.74) is 5.30. The summed E-state index contributed by atoms with van der Waals surface area (Å²) >= 11 is 7.67. The van der Waals surface area contributed by atoms with Crippen molar-refractivity contribution in [2.75, 3.05) is 0 Å². The van der Waals surface area contributed by atoms with E-state index in [9.17, 15) is 9.59 Å². The highest BCUT2D eigenvalue weighted by molar-refractivity contribution is 9.11. The lowest BCUT2D eigenvalue weighted by Crippen LogP contribution is -2.41. The first kappa shape index (κ1) is 14.3. The van der Waals surface area contributed by atoms with E-state index in [1.807, 2.05) is 0 Å². The first-order valence-electron chi connectivity index (χ1n) is 5.09. The molecule has 0 aliphatic heterocycles. The van der Waals surface area contributed by atoms with Crippen LogP contribution < -0.4 is 10.9 Å². The first-order valence-corrected chi connectivity index (χ1v) is 7.49. The van der Waals surface area contributed by atoms with Crippen LogP contribution in [0.5, 0.6) is 0 Å². The Morgan fingerprint density at radius 3 is 2.42 bits per heavy atom. The molecular formula is C11H8Br2N2O3S. The van der Waals surface area contributed by atoms with Gasteiger partial charge in [0.1, 0.15) is 0 Å². The Balaban J connectivity index is 1.97. The minimum Gasteiger partial charge on any atom is -0.444 e. The van der Waals surface area contributed by atoms with Gasteiger partial charge in [-0.3, -0.25) is 20.4 Å². The summed E-state index contributed by atoms with van der Waals surface area (Å²) in [5, 5.41) is 0. The normalized spacial score (nSPS) is 10.3. The van der Waals surface area contributed by atoms with Crippen molar-refractivity contribution in [3.63, 3.8) is 0 Å². The van der Waals surface area contributed by atoms with Crippen LogP contribution in [0.15, 0.2) is 31.1 Å². The lowest BCUT2D eigenvalue weighted by atomic mass is 10.3. The average molecular weight is 408 g/mol. The fourth-order valence-electron chi connectivity index (χ4n) is 1.34. The van der Waals surface area contributed by atoms with Gasteiger partial charge in [-0.05, 0) is 57.0 Å². The number of carbonyl (C=O) groups is 2. The van der Waals surface area contributed by atoms with Crippen molar-refractivity contribution in [2.24, 2.45) is 0 Å². The van der Waals surface area contributed by atoms with E-state index in [2.05, 4.69) is 42.7 Å². The van der Waals surface area contributed by atoms with Crippen molar-refractivity contribution in [1.82, 2.24) is 10.9 Å². The minimum atomic E-state index is -0.507. The number of halogens is 2. The zero-order valence-corrected chi connectivity index (χ0v) is 13.6. The van der Waals surface area contributed by atoms with Crippen molar-refractivity contribution in [3.8, 4) is 0 Å². The van der Waals surface area contributed by atoms with Crippen LogP contribution in [0.3, 0.4) is 0 Å². The van der Waals surface area contributed by atoms with E-state index < -0.39 is 5.91 Å². The number of carbonyl (C=O) groups excluding carboxylic acids is 2. The standard InChI is InChI=1S/C11H8Br2N2O3S/c1-5-4-7(12)18-9(5)11(17)15-14-10(16)6-2-3-8(13)19-6/h2-4H,1H3,(H,14,16)(H,15,17). The summed E-state index contributed by atoms with van der Waals surface area (Å²) in [5.74, 6) is -0.737. The molecule has 0 spiro atoms. The molecule has 5 nitrogen and oxygen atoms in total. The van der Waals surface area contributed by atoms with Gasteiger partial charge in [-0.1, -0.05) is 0 Å². The largest absolute Gasteiger partial charge is 0.444 e. The van der Waals surface area contributed by atoms with Crippen LogP contribution in [0.4, 0.5) is 0 Å². The van der Waals surface area contributed by atoms with E-state index in [1.165, 1.54) is 11.3 Å². The van der Waals surface area contributed by atoms with Crippen LogP contribution in [-0.4, -0.2) is 11.8 Å². The predicted octanol–water partition coefficient (Wildman–Crippen LogP) is 3.25.